The molecule has 2 aromatic rings. The molecular formula is C15H16F3N3O5S. The van der Waals surface area contributed by atoms with Crippen LogP contribution < -0.4 is 5.32 Å². The molecule has 1 aliphatic heterocycles. The zero-order valence-corrected chi connectivity index (χ0v) is 14.8. The summed E-state index contributed by atoms with van der Waals surface area (Å²) in [5.74, 6) is -1.49. The van der Waals surface area contributed by atoms with Gasteiger partial charge in [0.1, 0.15) is 4.88 Å². The van der Waals surface area contributed by atoms with Crippen LogP contribution in [-0.2, 0) is 11.2 Å². The molecule has 3 heterocycles. The first-order valence-electron chi connectivity index (χ1n) is 7.74. The second kappa shape index (κ2) is 8.48. The Balaban J connectivity index is 0.000000321. The maximum atomic E-state index is 10.9. The summed E-state index contributed by atoms with van der Waals surface area (Å²) < 4.78 is 37.0. The average Bonchev–Trinajstić information content (AvgIpc) is 3.29. The van der Waals surface area contributed by atoms with Crippen molar-refractivity contribution in [3.8, 4) is 10.7 Å². The fraction of sp³-hybridized carbons (Fsp3) is 0.467. The molecule has 1 saturated heterocycles. The lowest BCUT2D eigenvalue weighted by Gasteiger charge is -2.09. The number of carboxylic acid groups (broad SMARTS) is 2. The minimum Gasteiger partial charge on any atom is -0.477 e. The average molecular weight is 407 g/mol. The summed E-state index contributed by atoms with van der Waals surface area (Å²) in [5.41, 5.74) is 0. The Morgan fingerprint density at radius 2 is 2.00 bits per heavy atom. The van der Waals surface area contributed by atoms with Crippen molar-refractivity contribution < 1.29 is 37.5 Å². The van der Waals surface area contributed by atoms with E-state index in [1.807, 2.05) is 0 Å². The van der Waals surface area contributed by atoms with E-state index in [1.165, 1.54) is 0 Å². The van der Waals surface area contributed by atoms with Crippen molar-refractivity contribution in [2.24, 2.45) is 11.8 Å². The van der Waals surface area contributed by atoms with Gasteiger partial charge in [0.2, 0.25) is 11.7 Å². The number of halogens is 3. The highest BCUT2D eigenvalue weighted by molar-refractivity contribution is 7.17. The molecule has 0 aliphatic carbocycles. The number of hydrogen-bond acceptors (Lipinski definition) is 7. The number of alkyl halides is 3. The van der Waals surface area contributed by atoms with Crippen LogP contribution in [0.15, 0.2) is 16.7 Å². The molecule has 0 amide bonds. The molecule has 0 bridgehead atoms. The van der Waals surface area contributed by atoms with Gasteiger partial charge in [-0.1, -0.05) is 12.1 Å². The minimum atomic E-state index is -5.08. The number of carboxylic acids is 2. The first-order chi connectivity index (χ1) is 12.6. The summed E-state index contributed by atoms with van der Waals surface area (Å²) in [6.07, 6.45) is -4.32. The predicted molar refractivity (Wildman–Crippen MR) is 87.5 cm³/mol. The highest BCUT2D eigenvalue weighted by atomic mass is 32.1. The van der Waals surface area contributed by atoms with Gasteiger partial charge in [0.05, 0.1) is 4.88 Å². The Labute approximate surface area is 155 Å². The number of aromatic nitrogens is 2. The number of carbonyl (C=O) groups is 2. The number of thiophene rings is 1. The third kappa shape index (κ3) is 5.76. The van der Waals surface area contributed by atoms with Crippen LogP contribution in [-0.4, -0.2) is 51.6 Å². The Morgan fingerprint density at radius 1 is 1.33 bits per heavy atom. The molecule has 2 atom stereocenters. The molecule has 0 spiro atoms. The highest BCUT2D eigenvalue weighted by Gasteiger charge is 2.38. The molecule has 0 aromatic carbocycles. The van der Waals surface area contributed by atoms with Gasteiger partial charge >= 0.3 is 18.1 Å². The van der Waals surface area contributed by atoms with Gasteiger partial charge in [-0.25, -0.2) is 9.59 Å². The first-order valence-corrected chi connectivity index (χ1v) is 8.56. The van der Waals surface area contributed by atoms with E-state index in [9.17, 15) is 18.0 Å². The van der Waals surface area contributed by atoms with Gasteiger partial charge in [0.15, 0.2) is 0 Å². The molecule has 2 aromatic heterocycles. The third-order valence-electron chi connectivity index (χ3n) is 3.86. The largest absolute Gasteiger partial charge is 0.490 e. The van der Waals surface area contributed by atoms with Crippen molar-refractivity contribution in [1.82, 2.24) is 15.5 Å². The van der Waals surface area contributed by atoms with Crippen LogP contribution in [0.25, 0.3) is 10.7 Å². The van der Waals surface area contributed by atoms with Crippen molar-refractivity contribution >= 4 is 23.3 Å². The molecule has 8 nitrogen and oxygen atoms in total. The summed E-state index contributed by atoms with van der Waals surface area (Å²) in [6.45, 7) is 4.21. The number of nitrogens with zero attached hydrogens (tertiary/aromatic N) is 2. The third-order valence-corrected chi connectivity index (χ3v) is 4.93. The number of hydrogen-bond donors (Lipinski definition) is 3. The van der Waals surface area contributed by atoms with Gasteiger partial charge in [-0.2, -0.15) is 18.2 Å². The van der Waals surface area contributed by atoms with Crippen LogP contribution in [0.2, 0.25) is 0 Å². The molecule has 27 heavy (non-hydrogen) atoms. The number of nitrogens with one attached hydrogen (secondary N) is 1. The van der Waals surface area contributed by atoms with Crippen LogP contribution in [0.4, 0.5) is 13.2 Å². The van der Waals surface area contributed by atoms with Crippen LogP contribution in [0.3, 0.4) is 0 Å². The van der Waals surface area contributed by atoms with Crippen LogP contribution >= 0.6 is 11.3 Å². The quantitative estimate of drug-likeness (QED) is 0.706. The van der Waals surface area contributed by atoms with E-state index in [2.05, 4.69) is 22.4 Å². The number of rotatable bonds is 4. The monoisotopic (exact) mass is 407 g/mol. The van der Waals surface area contributed by atoms with Crippen molar-refractivity contribution in [3.63, 3.8) is 0 Å². The van der Waals surface area contributed by atoms with Crippen molar-refractivity contribution in [2.45, 2.75) is 19.5 Å². The first kappa shape index (κ1) is 20.8. The van der Waals surface area contributed by atoms with Crippen molar-refractivity contribution in [1.29, 1.82) is 0 Å². The molecule has 1 aliphatic rings. The van der Waals surface area contributed by atoms with Gasteiger partial charge in [0.25, 0.3) is 0 Å². The lowest BCUT2D eigenvalue weighted by Crippen LogP contribution is -2.21. The number of aliphatic carboxylic acids is 1. The van der Waals surface area contributed by atoms with E-state index < -0.39 is 18.1 Å². The molecule has 12 heteroatoms. The Bertz CT molecular complexity index is 805. The molecule has 0 unspecified atom stereocenters. The Morgan fingerprint density at radius 3 is 2.48 bits per heavy atom. The summed E-state index contributed by atoms with van der Waals surface area (Å²) in [6, 6.07) is 3.27. The zero-order valence-electron chi connectivity index (χ0n) is 14.0. The lowest BCUT2D eigenvalue weighted by atomic mass is 9.95. The highest BCUT2D eigenvalue weighted by Crippen LogP contribution is 2.27. The molecule has 0 saturated carbocycles. The maximum absolute atomic E-state index is 10.9. The van der Waals surface area contributed by atoms with E-state index in [4.69, 9.17) is 19.5 Å². The normalized spacial score (nSPS) is 19.4. The zero-order chi connectivity index (χ0) is 20.2. The fourth-order valence-electron chi connectivity index (χ4n) is 2.37. The second-order valence-corrected chi connectivity index (χ2v) is 6.97. The van der Waals surface area contributed by atoms with Gasteiger partial charge in [-0.15, -0.1) is 11.3 Å². The second-order valence-electron chi connectivity index (χ2n) is 5.88. The molecule has 3 N–H and O–H groups in total. The topological polar surface area (TPSA) is 126 Å². The maximum Gasteiger partial charge on any atom is 0.490 e. The van der Waals surface area contributed by atoms with Crippen LogP contribution in [0.5, 0.6) is 0 Å². The molecule has 0 radical (unpaired) electrons. The van der Waals surface area contributed by atoms with Gasteiger partial charge in [-0.3, -0.25) is 0 Å². The molecular weight excluding hydrogens is 391 g/mol. The predicted octanol–water partition coefficient (Wildman–Crippen LogP) is 2.53. The fourth-order valence-corrected chi connectivity index (χ4v) is 3.14. The van der Waals surface area contributed by atoms with Crippen molar-refractivity contribution in [2.75, 3.05) is 13.1 Å². The smallest absolute Gasteiger partial charge is 0.477 e. The summed E-state index contributed by atoms with van der Waals surface area (Å²) in [4.78, 5) is 25.1. The summed E-state index contributed by atoms with van der Waals surface area (Å²) in [7, 11) is 0. The van der Waals surface area contributed by atoms with E-state index in [0.29, 0.717) is 23.6 Å². The van der Waals surface area contributed by atoms with E-state index >= 15 is 0 Å². The van der Waals surface area contributed by atoms with Crippen LogP contribution in [0.1, 0.15) is 22.5 Å². The summed E-state index contributed by atoms with van der Waals surface area (Å²) >= 11 is 1.15. The molecule has 1 fully saturated rings. The van der Waals surface area contributed by atoms with Gasteiger partial charge in [-0.05, 0) is 37.1 Å². The standard InChI is InChI=1S/C13H15N3O3S.C2HF3O2/c1-7-5-14-6-8(7)4-11-15-12(16-19-11)9-2-3-10(20-9)13(17)18;3-2(4,5)1(6)7/h2-3,7-8,14H,4-6H2,1H3,(H,17,18);(H,6,7)/t7-,8-;/m1./s1. The van der Waals surface area contributed by atoms with E-state index in [0.717, 1.165) is 35.7 Å². The van der Waals surface area contributed by atoms with E-state index in [1.54, 1.807) is 12.1 Å². The lowest BCUT2D eigenvalue weighted by molar-refractivity contribution is -0.192. The van der Waals surface area contributed by atoms with Gasteiger partial charge < -0.3 is 20.1 Å². The molecule has 3 rings (SSSR count). The Hall–Kier alpha value is -2.47. The summed E-state index contributed by atoms with van der Waals surface area (Å²) in [5, 5.41) is 23.3. The van der Waals surface area contributed by atoms with E-state index in [-0.39, 0.29) is 4.88 Å². The molecule has 148 valence electrons. The Kier molecular flexibility index (Phi) is 6.54. The number of aromatic carboxylic acids is 1. The SMILES string of the molecule is C[C@@H]1CNC[C@H]1Cc1nc(-c2ccc(C(=O)O)s2)no1.O=C(O)C(F)(F)F. The minimum absolute atomic E-state index is 0.278. The van der Waals surface area contributed by atoms with Crippen molar-refractivity contribution in [3.05, 3.63) is 22.9 Å². The van der Waals surface area contributed by atoms with Gasteiger partial charge in [0, 0.05) is 6.42 Å². The van der Waals surface area contributed by atoms with Crippen LogP contribution in [0, 0.1) is 11.8 Å².